The van der Waals surface area contributed by atoms with Gasteiger partial charge in [-0.25, -0.2) is 0 Å². The Hall–Kier alpha value is -0.120. The molecule has 0 aromatic heterocycles. The highest BCUT2D eigenvalue weighted by molar-refractivity contribution is 4.90. The molecule has 2 rings (SSSR count). The largest absolute Gasteiger partial charge is 0.379 e. The molecule has 19 heavy (non-hydrogen) atoms. The predicted molar refractivity (Wildman–Crippen MR) is 80.5 cm³/mol. The minimum absolute atomic E-state index is 0.508. The van der Waals surface area contributed by atoms with E-state index in [2.05, 4.69) is 31.0 Å². The molecular formula is C16H32N2O. The first kappa shape index (κ1) is 15.3. The Balaban J connectivity index is 1.96. The molecule has 112 valence electrons. The molecule has 1 saturated heterocycles. The van der Waals surface area contributed by atoms with Crippen LogP contribution in [0.5, 0.6) is 0 Å². The molecule has 0 aromatic carbocycles. The van der Waals surface area contributed by atoms with Gasteiger partial charge in [-0.1, -0.05) is 26.7 Å². The van der Waals surface area contributed by atoms with Crippen molar-refractivity contribution < 1.29 is 4.74 Å². The van der Waals surface area contributed by atoms with Crippen molar-refractivity contribution in [2.24, 2.45) is 11.3 Å². The number of ether oxygens (including phenoxy) is 1. The maximum absolute atomic E-state index is 5.57. The van der Waals surface area contributed by atoms with E-state index in [-0.39, 0.29) is 0 Å². The van der Waals surface area contributed by atoms with Crippen LogP contribution in [0.15, 0.2) is 0 Å². The molecule has 3 nitrogen and oxygen atoms in total. The van der Waals surface area contributed by atoms with E-state index in [1.807, 2.05) is 0 Å². The quantitative estimate of drug-likeness (QED) is 0.829. The average molecular weight is 268 g/mol. The molecule has 1 N–H and O–H groups in total. The summed E-state index contributed by atoms with van der Waals surface area (Å²) in [6.45, 7) is 13.4. The predicted octanol–water partition coefficient (Wildman–Crippen LogP) is 2.51. The summed E-state index contributed by atoms with van der Waals surface area (Å²) in [6, 6.07) is 0.589. The molecule has 1 unspecified atom stereocenters. The van der Waals surface area contributed by atoms with E-state index >= 15 is 0 Å². The fourth-order valence-corrected chi connectivity index (χ4v) is 3.58. The van der Waals surface area contributed by atoms with Gasteiger partial charge < -0.3 is 10.1 Å². The van der Waals surface area contributed by atoms with Crippen LogP contribution in [0.3, 0.4) is 0 Å². The molecular weight excluding hydrogens is 236 g/mol. The third-order valence-corrected chi connectivity index (χ3v) is 5.13. The summed E-state index contributed by atoms with van der Waals surface area (Å²) in [6.07, 6.45) is 5.60. The third kappa shape index (κ3) is 4.17. The fraction of sp³-hybridized carbons (Fsp3) is 1.00. The Kier molecular flexibility index (Phi) is 5.67. The van der Waals surface area contributed by atoms with Crippen molar-refractivity contribution >= 4 is 0 Å². The van der Waals surface area contributed by atoms with Crippen LogP contribution in [0.1, 0.15) is 46.5 Å². The zero-order valence-corrected chi connectivity index (χ0v) is 13.1. The molecule has 0 aromatic rings. The van der Waals surface area contributed by atoms with E-state index in [0.717, 1.165) is 32.2 Å². The van der Waals surface area contributed by atoms with Crippen LogP contribution in [0.25, 0.3) is 0 Å². The second-order valence-electron chi connectivity index (χ2n) is 6.86. The summed E-state index contributed by atoms with van der Waals surface area (Å²) < 4.78 is 5.57. The fourth-order valence-electron chi connectivity index (χ4n) is 3.58. The standard InChI is InChI=1S/C16H32N2O/c1-4-17-12-16(7-5-14(2)6-8-16)13-18-9-10-19-11-15(18)3/h14-15,17H,4-13H2,1-3H3. The molecule has 1 aliphatic carbocycles. The second kappa shape index (κ2) is 7.05. The lowest BCUT2D eigenvalue weighted by molar-refractivity contribution is -0.0291. The van der Waals surface area contributed by atoms with Gasteiger partial charge in [0, 0.05) is 25.7 Å². The van der Waals surface area contributed by atoms with E-state index in [1.54, 1.807) is 0 Å². The molecule has 0 bridgehead atoms. The number of morpholine rings is 1. The number of nitrogens with zero attached hydrogens (tertiary/aromatic N) is 1. The Morgan fingerprint density at radius 2 is 2.00 bits per heavy atom. The highest BCUT2D eigenvalue weighted by Gasteiger charge is 2.36. The maximum Gasteiger partial charge on any atom is 0.0619 e. The van der Waals surface area contributed by atoms with Crippen molar-refractivity contribution in [2.45, 2.75) is 52.5 Å². The van der Waals surface area contributed by atoms with Gasteiger partial charge in [-0.2, -0.15) is 0 Å². The second-order valence-corrected chi connectivity index (χ2v) is 6.86. The number of nitrogens with one attached hydrogen (secondary N) is 1. The topological polar surface area (TPSA) is 24.5 Å². The van der Waals surface area contributed by atoms with Crippen LogP contribution < -0.4 is 5.32 Å². The van der Waals surface area contributed by atoms with E-state index in [9.17, 15) is 0 Å². The van der Waals surface area contributed by atoms with Crippen molar-refractivity contribution in [3.05, 3.63) is 0 Å². The molecule has 0 amide bonds. The smallest absolute Gasteiger partial charge is 0.0619 e. The van der Waals surface area contributed by atoms with Gasteiger partial charge in [0.1, 0.15) is 0 Å². The number of rotatable bonds is 5. The molecule has 0 radical (unpaired) electrons. The summed E-state index contributed by atoms with van der Waals surface area (Å²) >= 11 is 0. The molecule has 1 heterocycles. The minimum Gasteiger partial charge on any atom is -0.379 e. The Labute approximate surface area is 119 Å². The van der Waals surface area contributed by atoms with E-state index in [1.165, 1.54) is 38.8 Å². The highest BCUT2D eigenvalue weighted by atomic mass is 16.5. The van der Waals surface area contributed by atoms with Gasteiger partial charge in [-0.15, -0.1) is 0 Å². The van der Waals surface area contributed by atoms with Crippen LogP contribution in [0, 0.1) is 11.3 Å². The Morgan fingerprint density at radius 3 is 2.63 bits per heavy atom. The molecule has 3 heteroatoms. The molecule has 1 saturated carbocycles. The minimum atomic E-state index is 0.508. The van der Waals surface area contributed by atoms with Crippen molar-refractivity contribution in [2.75, 3.05) is 39.4 Å². The molecule has 1 aliphatic heterocycles. The molecule has 2 fully saturated rings. The van der Waals surface area contributed by atoms with Gasteiger partial charge in [0.15, 0.2) is 0 Å². The highest BCUT2D eigenvalue weighted by Crippen LogP contribution is 2.39. The van der Waals surface area contributed by atoms with Crippen LogP contribution >= 0.6 is 0 Å². The van der Waals surface area contributed by atoms with Crippen LogP contribution in [-0.4, -0.2) is 50.3 Å². The Bertz CT molecular complexity index is 256. The van der Waals surface area contributed by atoms with Gasteiger partial charge in [0.2, 0.25) is 0 Å². The van der Waals surface area contributed by atoms with E-state index in [4.69, 9.17) is 4.74 Å². The zero-order valence-electron chi connectivity index (χ0n) is 13.1. The Morgan fingerprint density at radius 1 is 1.26 bits per heavy atom. The summed E-state index contributed by atoms with van der Waals surface area (Å²) in [7, 11) is 0. The van der Waals surface area contributed by atoms with Gasteiger partial charge in [-0.05, 0) is 37.6 Å². The first-order valence-electron chi connectivity index (χ1n) is 8.18. The molecule has 1 atom stereocenters. The first-order chi connectivity index (χ1) is 9.15. The summed E-state index contributed by atoms with van der Waals surface area (Å²) in [5.74, 6) is 0.928. The van der Waals surface area contributed by atoms with E-state index < -0.39 is 0 Å². The number of hydrogen-bond donors (Lipinski definition) is 1. The SMILES string of the molecule is CCNCC1(CN2CCOCC2C)CCC(C)CC1. The van der Waals surface area contributed by atoms with Gasteiger partial charge >= 0.3 is 0 Å². The monoisotopic (exact) mass is 268 g/mol. The van der Waals surface area contributed by atoms with Crippen molar-refractivity contribution in [1.82, 2.24) is 10.2 Å². The van der Waals surface area contributed by atoms with Gasteiger partial charge in [0.05, 0.1) is 13.2 Å². The normalized spacial score (nSPS) is 37.4. The lowest BCUT2D eigenvalue weighted by Gasteiger charge is -2.45. The van der Waals surface area contributed by atoms with Gasteiger partial charge in [0.25, 0.3) is 0 Å². The van der Waals surface area contributed by atoms with Crippen molar-refractivity contribution in [3.8, 4) is 0 Å². The molecule has 2 aliphatic rings. The van der Waals surface area contributed by atoms with Crippen molar-refractivity contribution in [3.63, 3.8) is 0 Å². The van der Waals surface area contributed by atoms with Crippen molar-refractivity contribution in [1.29, 1.82) is 0 Å². The zero-order chi connectivity index (χ0) is 13.7. The lowest BCUT2D eigenvalue weighted by atomic mass is 9.70. The number of hydrogen-bond acceptors (Lipinski definition) is 3. The summed E-state index contributed by atoms with van der Waals surface area (Å²) in [5.41, 5.74) is 0.508. The van der Waals surface area contributed by atoms with Crippen LogP contribution in [0.4, 0.5) is 0 Å². The van der Waals surface area contributed by atoms with Crippen LogP contribution in [-0.2, 0) is 4.74 Å². The maximum atomic E-state index is 5.57. The van der Waals surface area contributed by atoms with Crippen LogP contribution in [0.2, 0.25) is 0 Å². The average Bonchev–Trinajstić information content (AvgIpc) is 2.42. The first-order valence-corrected chi connectivity index (χ1v) is 8.18. The molecule has 0 spiro atoms. The lowest BCUT2D eigenvalue weighted by Crippen LogP contribution is -2.52. The van der Waals surface area contributed by atoms with E-state index in [0.29, 0.717) is 11.5 Å². The van der Waals surface area contributed by atoms with Gasteiger partial charge in [-0.3, -0.25) is 4.90 Å². The summed E-state index contributed by atoms with van der Waals surface area (Å²) in [5, 5.41) is 3.62. The third-order valence-electron chi connectivity index (χ3n) is 5.13. The summed E-state index contributed by atoms with van der Waals surface area (Å²) in [4.78, 5) is 2.66.